The van der Waals surface area contributed by atoms with E-state index < -0.39 is 0 Å². The van der Waals surface area contributed by atoms with E-state index in [1.807, 2.05) is 0 Å². The Hall–Kier alpha value is -2.26. The van der Waals surface area contributed by atoms with Crippen LogP contribution in [0, 0.1) is 0 Å². The second-order valence-corrected chi connectivity index (χ2v) is 7.31. The molecule has 0 N–H and O–H groups in total. The van der Waals surface area contributed by atoms with Crippen LogP contribution in [0.15, 0.2) is 6.33 Å². The van der Waals surface area contributed by atoms with Crippen LogP contribution < -0.4 is 4.74 Å². The van der Waals surface area contributed by atoms with E-state index in [-0.39, 0.29) is 18.5 Å². The lowest BCUT2D eigenvalue weighted by molar-refractivity contribution is -0.137. The SMILES string of the molecule is O=C(COc1nc2c3c4c(sc3ncn2n1)CCC4)N1CCOCC1. The van der Waals surface area contributed by atoms with Gasteiger partial charge in [-0.3, -0.25) is 4.79 Å². The molecule has 130 valence electrons. The molecule has 0 radical (unpaired) electrons. The number of hydrogen-bond acceptors (Lipinski definition) is 7. The molecule has 1 fully saturated rings. The van der Waals surface area contributed by atoms with Crippen LogP contribution in [0.3, 0.4) is 0 Å². The minimum atomic E-state index is -0.0677. The molecule has 0 aromatic carbocycles. The van der Waals surface area contributed by atoms with Crippen molar-refractivity contribution in [3.63, 3.8) is 0 Å². The van der Waals surface area contributed by atoms with E-state index in [1.54, 1.807) is 27.1 Å². The molecule has 3 aromatic rings. The van der Waals surface area contributed by atoms with Gasteiger partial charge in [0, 0.05) is 18.0 Å². The maximum absolute atomic E-state index is 12.2. The number of nitrogens with zero attached hydrogens (tertiary/aromatic N) is 5. The van der Waals surface area contributed by atoms with Crippen molar-refractivity contribution in [2.45, 2.75) is 19.3 Å². The van der Waals surface area contributed by atoms with Crippen molar-refractivity contribution in [3.05, 3.63) is 16.8 Å². The van der Waals surface area contributed by atoms with E-state index >= 15 is 0 Å². The number of morpholine rings is 1. The Kier molecular flexibility index (Phi) is 3.56. The van der Waals surface area contributed by atoms with Crippen LogP contribution >= 0.6 is 11.3 Å². The molecule has 8 nitrogen and oxygen atoms in total. The Morgan fingerprint density at radius 2 is 2.20 bits per heavy atom. The summed E-state index contributed by atoms with van der Waals surface area (Å²) in [5.74, 6) is -0.0677. The largest absolute Gasteiger partial charge is 0.452 e. The molecule has 0 atom stereocenters. The van der Waals surface area contributed by atoms with Crippen LogP contribution in [0.4, 0.5) is 0 Å². The van der Waals surface area contributed by atoms with Crippen LogP contribution in [0.25, 0.3) is 15.9 Å². The van der Waals surface area contributed by atoms with Crippen molar-refractivity contribution in [1.82, 2.24) is 24.5 Å². The Morgan fingerprint density at radius 1 is 1.32 bits per heavy atom. The third-order valence-electron chi connectivity index (χ3n) is 4.71. The summed E-state index contributed by atoms with van der Waals surface area (Å²) in [5.41, 5.74) is 2.11. The minimum absolute atomic E-state index is 0.0603. The van der Waals surface area contributed by atoms with Crippen molar-refractivity contribution >= 4 is 33.1 Å². The maximum Gasteiger partial charge on any atom is 0.336 e. The van der Waals surface area contributed by atoms with Gasteiger partial charge in [0.05, 0.1) is 18.6 Å². The van der Waals surface area contributed by atoms with Crippen molar-refractivity contribution in [1.29, 1.82) is 0 Å². The first kappa shape index (κ1) is 15.0. The Bertz CT molecular complexity index is 960. The van der Waals surface area contributed by atoms with Crippen LogP contribution in [-0.4, -0.2) is 63.3 Å². The Balaban J connectivity index is 1.41. The first-order valence-electron chi connectivity index (χ1n) is 8.43. The van der Waals surface area contributed by atoms with Gasteiger partial charge in [-0.1, -0.05) is 0 Å². The summed E-state index contributed by atoms with van der Waals surface area (Å²) >= 11 is 1.74. The molecule has 25 heavy (non-hydrogen) atoms. The van der Waals surface area contributed by atoms with E-state index in [0.717, 1.165) is 28.7 Å². The number of aromatic nitrogens is 4. The van der Waals surface area contributed by atoms with E-state index in [9.17, 15) is 4.79 Å². The summed E-state index contributed by atoms with van der Waals surface area (Å²) < 4.78 is 12.4. The average molecular weight is 359 g/mol. The number of carbonyl (C=O) groups excluding carboxylic acids is 1. The quantitative estimate of drug-likeness (QED) is 0.696. The standard InChI is InChI=1S/C16H17N5O3S/c22-12(20-4-6-23-7-5-20)8-24-16-18-14-13-10-2-1-3-11(10)25-15(13)17-9-21(14)19-16/h9H,1-8H2. The third kappa shape index (κ3) is 2.54. The highest BCUT2D eigenvalue weighted by Crippen LogP contribution is 2.38. The zero-order valence-electron chi connectivity index (χ0n) is 13.6. The van der Waals surface area contributed by atoms with Gasteiger partial charge in [0.25, 0.3) is 5.91 Å². The number of amides is 1. The van der Waals surface area contributed by atoms with Gasteiger partial charge in [-0.15, -0.1) is 16.4 Å². The molecule has 2 aliphatic rings. The molecule has 5 rings (SSSR count). The van der Waals surface area contributed by atoms with Gasteiger partial charge in [0.1, 0.15) is 11.2 Å². The van der Waals surface area contributed by atoms with Gasteiger partial charge >= 0.3 is 6.01 Å². The van der Waals surface area contributed by atoms with Gasteiger partial charge < -0.3 is 14.4 Å². The average Bonchev–Trinajstić information content (AvgIpc) is 3.33. The number of carbonyl (C=O) groups is 1. The van der Waals surface area contributed by atoms with Crippen molar-refractivity contribution < 1.29 is 14.3 Å². The Labute approximate surface area is 147 Å². The smallest absolute Gasteiger partial charge is 0.336 e. The zero-order valence-corrected chi connectivity index (χ0v) is 14.4. The monoisotopic (exact) mass is 359 g/mol. The van der Waals surface area contributed by atoms with Gasteiger partial charge in [-0.25, -0.2) is 4.98 Å². The van der Waals surface area contributed by atoms with Gasteiger partial charge in [0.2, 0.25) is 0 Å². The van der Waals surface area contributed by atoms with Gasteiger partial charge in [-0.05, 0) is 24.8 Å². The topological polar surface area (TPSA) is 81.8 Å². The number of ether oxygens (including phenoxy) is 2. The molecule has 1 saturated heterocycles. The first-order valence-corrected chi connectivity index (χ1v) is 9.25. The second-order valence-electron chi connectivity index (χ2n) is 6.23. The van der Waals surface area contributed by atoms with Crippen LogP contribution in [0.5, 0.6) is 6.01 Å². The fraction of sp³-hybridized carbons (Fsp3) is 0.500. The number of thiophene rings is 1. The minimum Gasteiger partial charge on any atom is -0.452 e. The van der Waals surface area contributed by atoms with E-state index in [2.05, 4.69) is 15.1 Å². The van der Waals surface area contributed by atoms with Crippen LogP contribution in [-0.2, 0) is 22.4 Å². The van der Waals surface area contributed by atoms with E-state index in [4.69, 9.17) is 9.47 Å². The van der Waals surface area contributed by atoms with Crippen molar-refractivity contribution in [2.24, 2.45) is 0 Å². The van der Waals surface area contributed by atoms with Gasteiger partial charge in [0.15, 0.2) is 12.3 Å². The zero-order chi connectivity index (χ0) is 16.8. The lowest BCUT2D eigenvalue weighted by atomic mass is 10.2. The predicted molar refractivity (Wildman–Crippen MR) is 91.1 cm³/mol. The fourth-order valence-electron chi connectivity index (χ4n) is 3.46. The van der Waals surface area contributed by atoms with Gasteiger partial charge in [-0.2, -0.15) is 9.50 Å². The predicted octanol–water partition coefficient (Wildman–Crippen LogP) is 1.07. The van der Waals surface area contributed by atoms with Crippen molar-refractivity contribution in [2.75, 3.05) is 32.9 Å². The molecular weight excluding hydrogens is 342 g/mol. The summed E-state index contributed by atoms with van der Waals surface area (Å²) in [4.78, 5) is 25.3. The van der Waals surface area contributed by atoms with Crippen molar-refractivity contribution in [3.8, 4) is 6.01 Å². The first-order chi connectivity index (χ1) is 12.3. The summed E-state index contributed by atoms with van der Waals surface area (Å²) in [7, 11) is 0. The number of rotatable bonds is 3. The van der Waals surface area contributed by atoms with Crippen LogP contribution in [0.1, 0.15) is 16.9 Å². The summed E-state index contributed by atoms with van der Waals surface area (Å²) in [5, 5.41) is 5.40. The normalized spacial score (nSPS) is 17.4. The molecule has 1 aliphatic heterocycles. The van der Waals surface area contributed by atoms with E-state index in [1.165, 1.54) is 16.9 Å². The number of hydrogen-bond donors (Lipinski definition) is 0. The third-order valence-corrected chi connectivity index (χ3v) is 5.91. The Morgan fingerprint density at radius 3 is 3.08 bits per heavy atom. The van der Waals surface area contributed by atoms with Crippen LogP contribution in [0.2, 0.25) is 0 Å². The number of aryl methyl sites for hydroxylation is 2. The maximum atomic E-state index is 12.2. The fourth-order valence-corrected chi connectivity index (χ4v) is 4.69. The summed E-state index contributed by atoms with van der Waals surface area (Å²) in [6, 6.07) is 0.217. The molecule has 4 heterocycles. The highest BCUT2D eigenvalue weighted by Gasteiger charge is 2.23. The molecule has 1 aliphatic carbocycles. The molecule has 0 unspecified atom stereocenters. The molecule has 0 spiro atoms. The lowest BCUT2D eigenvalue weighted by Crippen LogP contribution is -2.43. The molecule has 3 aromatic heterocycles. The highest BCUT2D eigenvalue weighted by atomic mass is 32.1. The molecule has 1 amide bonds. The summed E-state index contributed by atoms with van der Waals surface area (Å²) in [6.45, 7) is 2.30. The molecule has 0 saturated carbocycles. The molecule has 9 heteroatoms. The lowest BCUT2D eigenvalue weighted by Gasteiger charge is -2.26. The second kappa shape index (κ2) is 5.92. The summed E-state index contributed by atoms with van der Waals surface area (Å²) in [6.07, 6.45) is 5.03. The van der Waals surface area contributed by atoms with E-state index in [0.29, 0.717) is 26.3 Å². The molecular formula is C16H17N5O3S. The highest BCUT2D eigenvalue weighted by molar-refractivity contribution is 7.19. The number of fused-ring (bicyclic) bond motifs is 5. The molecule has 0 bridgehead atoms.